The van der Waals surface area contributed by atoms with Gasteiger partial charge in [0.25, 0.3) is 0 Å². The predicted molar refractivity (Wildman–Crippen MR) is 135 cm³/mol. The molecule has 2 N–H and O–H groups in total. The number of amides is 2. The van der Waals surface area contributed by atoms with Crippen LogP contribution in [0.15, 0.2) is 73.1 Å². The Morgan fingerprint density at radius 2 is 1.45 bits per heavy atom. The Morgan fingerprint density at radius 3 is 2.03 bits per heavy atom. The first kappa shape index (κ1) is 27.9. The fraction of sp³-hybridized carbons (Fsp3) is 0.333. The molecule has 31 heavy (non-hydrogen) atoms. The standard InChI is InChI=1S/C21H21N3O.3C2H6/c1-16-5-2-3-7-19(16)13-17-8-10-20(11-9-17)24-21(25)23-15-18-6-4-12-22-14-18;3*1-2/h2-12,14H,13,15H2,1H3,(H2,23,24,25);3*1-2H3. The number of benzene rings is 2. The molecule has 0 saturated carbocycles. The maximum Gasteiger partial charge on any atom is 0.319 e. The normalized spacial score (nSPS) is 8.87. The lowest BCUT2D eigenvalue weighted by atomic mass is 10.0. The highest BCUT2D eigenvalue weighted by Crippen LogP contribution is 2.16. The third-order valence-electron chi connectivity index (χ3n) is 4.04. The van der Waals surface area contributed by atoms with Gasteiger partial charge in [0.1, 0.15) is 0 Å². The lowest BCUT2D eigenvalue weighted by Crippen LogP contribution is -2.28. The van der Waals surface area contributed by atoms with Crippen molar-refractivity contribution in [2.75, 3.05) is 5.32 Å². The molecule has 3 rings (SSSR count). The molecule has 0 saturated heterocycles. The summed E-state index contributed by atoms with van der Waals surface area (Å²) in [4.78, 5) is 16.0. The molecule has 1 aromatic heterocycles. The van der Waals surface area contributed by atoms with E-state index in [1.165, 1.54) is 16.7 Å². The minimum Gasteiger partial charge on any atom is -0.334 e. The lowest BCUT2D eigenvalue weighted by molar-refractivity contribution is 0.251. The number of anilines is 1. The molecular weight excluding hydrogens is 382 g/mol. The minimum absolute atomic E-state index is 0.226. The van der Waals surface area contributed by atoms with Crippen LogP contribution in [0.2, 0.25) is 0 Å². The first-order valence-corrected chi connectivity index (χ1v) is 11.3. The molecule has 2 amide bonds. The Hall–Kier alpha value is -3.14. The zero-order valence-corrected chi connectivity index (χ0v) is 20.2. The van der Waals surface area contributed by atoms with E-state index in [4.69, 9.17) is 0 Å². The highest BCUT2D eigenvalue weighted by Gasteiger charge is 2.03. The summed E-state index contributed by atoms with van der Waals surface area (Å²) in [7, 11) is 0. The van der Waals surface area contributed by atoms with Gasteiger partial charge in [-0.05, 0) is 53.8 Å². The van der Waals surface area contributed by atoms with Crippen molar-refractivity contribution in [3.8, 4) is 0 Å². The van der Waals surface area contributed by atoms with Crippen LogP contribution in [-0.2, 0) is 13.0 Å². The van der Waals surface area contributed by atoms with Crippen LogP contribution in [0.1, 0.15) is 63.8 Å². The number of urea groups is 1. The first-order valence-electron chi connectivity index (χ1n) is 11.3. The van der Waals surface area contributed by atoms with E-state index in [0.29, 0.717) is 6.54 Å². The number of rotatable bonds is 5. The summed E-state index contributed by atoms with van der Waals surface area (Å²) < 4.78 is 0. The Bertz CT molecular complexity index is 831. The van der Waals surface area contributed by atoms with Gasteiger partial charge in [0.05, 0.1) is 0 Å². The van der Waals surface area contributed by atoms with Crippen LogP contribution in [0.3, 0.4) is 0 Å². The number of carbonyl (C=O) groups excluding carboxylic acids is 1. The largest absolute Gasteiger partial charge is 0.334 e. The summed E-state index contributed by atoms with van der Waals surface area (Å²) >= 11 is 0. The van der Waals surface area contributed by atoms with E-state index in [-0.39, 0.29) is 6.03 Å². The average Bonchev–Trinajstić information content (AvgIpc) is 2.85. The number of pyridine rings is 1. The van der Waals surface area contributed by atoms with Crippen molar-refractivity contribution in [2.45, 2.75) is 61.4 Å². The number of hydrogen-bond donors (Lipinski definition) is 2. The number of nitrogens with one attached hydrogen (secondary N) is 2. The molecule has 0 aliphatic heterocycles. The lowest BCUT2D eigenvalue weighted by Gasteiger charge is -2.09. The third-order valence-corrected chi connectivity index (χ3v) is 4.04. The van der Waals surface area contributed by atoms with Crippen LogP contribution in [-0.4, -0.2) is 11.0 Å². The molecule has 4 heteroatoms. The zero-order chi connectivity index (χ0) is 23.5. The van der Waals surface area contributed by atoms with E-state index < -0.39 is 0 Å². The smallest absolute Gasteiger partial charge is 0.319 e. The molecule has 0 aliphatic carbocycles. The quantitative estimate of drug-likeness (QED) is 0.451. The number of hydrogen-bond acceptors (Lipinski definition) is 2. The summed E-state index contributed by atoms with van der Waals surface area (Å²) in [5.74, 6) is 0. The number of carbonyl (C=O) groups is 1. The SMILES string of the molecule is CC.CC.CC.Cc1ccccc1Cc1ccc(NC(=O)NCc2cccnc2)cc1. The van der Waals surface area contributed by atoms with Crippen molar-refractivity contribution in [3.05, 3.63) is 95.3 Å². The topological polar surface area (TPSA) is 54.0 Å². The highest BCUT2D eigenvalue weighted by atomic mass is 16.2. The fourth-order valence-corrected chi connectivity index (χ4v) is 2.59. The maximum atomic E-state index is 12.0. The second kappa shape index (κ2) is 17.7. The maximum absolute atomic E-state index is 12.0. The van der Waals surface area contributed by atoms with E-state index in [2.05, 4.69) is 46.8 Å². The second-order valence-corrected chi connectivity index (χ2v) is 5.97. The van der Waals surface area contributed by atoms with Crippen LogP contribution in [0.5, 0.6) is 0 Å². The van der Waals surface area contributed by atoms with Crippen molar-refractivity contribution in [1.82, 2.24) is 10.3 Å². The van der Waals surface area contributed by atoms with Gasteiger partial charge in [0.2, 0.25) is 0 Å². The molecule has 0 fully saturated rings. The van der Waals surface area contributed by atoms with E-state index in [1.807, 2.05) is 77.9 Å². The molecule has 0 radical (unpaired) electrons. The van der Waals surface area contributed by atoms with Crippen LogP contribution >= 0.6 is 0 Å². The molecule has 0 unspecified atom stereocenters. The van der Waals surface area contributed by atoms with Crippen molar-refractivity contribution >= 4 is 11.7 Å². The van der Waals surface area contributed by atoms with Gasteiger partial charge in [-0.1, -0.05) is 84.0 Å². The Labute approximate surface area is 189 Å². The molecule has 168 valence electrons. The van der Waals surface area contributed by atoms with Crippen molar-refractivity contribution < 1.29 is 4.79 Å². The van der Waals surface area contributed by atoms with Gasteiger partial charge in [-0.3, -0.25) is 4.98 Å². The highest BCUT2D eigenvalue weighted by molar-refractivity contribution is 5.89. The summed E-state index contributed by atoms with van der Waals surface area (Å²) in [5.41, 5.74) is 5.57. The number of nitrogens with zero attached hydrogens (tertiary/aromatic N) is 1. The molecule has 0 bridgehead atoms. The molecule has 0 atom stereocenters. The van der Waals surface area contributed by atoms with Crippen molar-refractivity contribution in [2.24, 2.45) is 0 Å². The monoisotopic (exact) mass is 421 g/mol. The molecule has 3 aromatic rings. The third kappa shape index (κ3) is 11.0. The number of aromatic nitrogens is 1. The first-order chi connectivity index (χ1) is 15.2. The zero-order valence-electron chi connectivity index (χ0n) is 20.2. The average molecular weight is 422 g/mol. The Morgan fingerprint density at radius 1 is 0.806 bits per heavy atom. The van der Waals surface area contributed by atoms with E-state index in [9.17, 15) is 4.79 Å². The molecule has 0 aliphatic rings. The summed E-state index contributed by atoms with van der Waals surface area (Å²) in [6.45, 7) is 14.6. The van der Waals surface area contributed by atoms with E-state index >= 15 is 0 Å². The Kier molecular flexibility index (Phi) is 15.9. The Balaban J connectivity index is 0.00000138. The van der Waals surface area contributed by atoms with Crippen LogP contribution in [0.25, 0.3) is 0 Å². The van der Waals surface area contributed by atoms with Gasteiger partial charge in [-0.2, -0.15) is 0 Å². The van der Waals surface area contributed by atoms with Gasteiger partial charge in [0, 0.05) is 24.6 Å². The molecule has 2 aromatic carbocycles. The van der Waals surface area contributed by atoms with Gasteiger partial charge >= 0.3 is 6.03 Å². The number of aryl methyl sites for hydroxylation is 1. The fourth-order valence-electron chi connectivity index (χ4n) is 2.59. The van der Waals surface area contributed by atoms with Crippen LogP contribution in [0.4, 0.5) is 10.5 Å². The molecule has 4 nitrogen and oxygen atoms in total. The van der Waals surface area contributed by atoms with Gasteiger partial charge in [0.15, 0.2) is 0 Å². The summed E-state index contributed by atoms with van der Waals surface area (Å²) in [6.07, 6.45) is 4.34. The predicted octanol–water partition coefficient (Wildman–Crippen LogP) is 7.38. The van der Waals surface area contributed by atoms with Gasteiger partial charge in [-0.25, -0.2) is 4.79 Å². The minimum atomic E-state index is -0.226. The van der Waals surface area contributed by atoms with Gasteiger partial charge < -0.3 is 10.6 Å². The summed E-state index contributed by atoms with van der Waals surface area (Å²) in [6, 6.07) is 19.9. The van der Waals surface area contributed by atoms with Gasteiger partial charge in [-0.15, -0.1) is 0 Å². The molecule has 0 spiro atoms. The molecule has 1 heterocycles. The van der Waals surface area contributed by atoms with Crippen molar-refractivity contribution in [1.29, 1.82) is 0 Å². The van der Waals surface area contributed by atoms with Crippen LogP contribution in [0, 0.1) is 6.92 Å². The van der Waals surface area contributed by atoms with Crippen molar-refractivity contribution in [3.63, 3.8) is 0 Å². The molecular formula is C27H39N3O. The summed E-state index contributed by atoms with van der Waals surface area (Å²) in [5, 5.41) is 5.66. The second-order valence-electron chi connectivity index (χ2n) is 5.97. The van der Waals surface area contributed by atoms with E-state index in [0.717, 1.165) is 17.7 Å². The van der Waals surface area contributed by atoms with E-state index in [1.54, 1.807) is 12.4 Å². The van der Waals surface area contributed by atoms with Crippen LogP contribution < -0.4 is 10.6 Å².